The molecular formula is C20H28N2. The van der Waals surface area contributed by atoms with E-state index >= 15 is 0 Å². The lowest BCUT2D eigenvalue weighted by molar-refractivity contribution is 0.156. The summed E-state index contributed by atoms with van der Waals surface area (Å²) in [4.78, 5) is 0. The van der Waals surface area contributed by atoms with Gasteiger partial charge in [-0.1, -0.05) is 87.9 Å². The second-order valence-corrected chi connectivity index (χ2v) is 6.49. The van der Waals surface area contributed by atoms with Crippen molar-refractivity contribution in [2.75, 3.05) is 0 Å². The summed E-state index contributed by atoms with van der Waals surface area (Å²) in [6, 6.07) is 20.5. The molecule has 0 radical (unpaired) electrons. The molecule has 118 valence electrons. The highest BCUT2D eigenvalue weighted by Crippen LogP contribution is 2.44. The fraction of sp³-hybridized carbons (Fsp3) is 0.400. The first-order valence-electron chi connectivity index (χ1n) is 8.13. The first-order valence-corrected chi connectivity index (χ1v) is 8.13. The lowest BCUT2D eigenvalue weighted by Crippen LogP contribution is -2.63. The smallest absolute Gasteiger partial charge is 0.0998 e. The van der Waals surface area contributed by atoms with E-state index in [-0.39, 0.29) is 5.41 Å². The maximum atomic E-state index is 6.76. The van der Waals surface area contributed by atoms with Crippen LogP contribution >= 0.6 is 0 Å². The second-order valence-electron chi connectivity index (χ2n) is 6.49. The van der Waals surface area contributed by atoms with Crippen molar-refractivity contribution in [1.29, 1.82) is 0 Å². The lowest BCUT2D eigenvalue weighted by atomic mass is 9.61. The SMILES string of the molecule is CCCC(C)C(C)(c1ccccc1)C(N)(N)c1ccccc1. The van der Waals surface area contributed by atoms with Crippen LogP contribution in [0.3, 0.4) is 0 Å². The van der Waals surface area contributed by atoms with Crippen molar-refractivity contribution in [3.63, 3.8) is 0 Å². The van der Waals surface area contributed by atoms with Crippen molar-refractivity contribution >= 4 is 0 Å². The van der Waals surface area contributed by atoms with Crippen LogP contribution in [0.4, 0.5) is 0 Å². The monoisotopic (exact) mass is 296 g/mol. The molecule has 0 spiro atoms. The number of hydrogen-bond acceptors (Lipinski definition) is 2. The van der Waals surface area contributed by atoms with Crippen LogP contribution in [-0.2, 0) is 11.1 Å². The topological polar surface area (TPSA) is 52.0 Å². The molecule has 0 aromatic heterocycles. The molecule has 0 amide bonds. The van der Waals surface area contributed by atoms with E-state index in [1.807, 2.05) is 36.4 Å². The first-order chi connectivity index (χ1) is 10.4. The van der Waals surface area contributed by atoms with E-state index in [2.05, 4.69) is 45.0 Å². The Kier molecular flexibility index (Phi) is 5.05. The van der Waals surface area contributed by atoms with E-state index in [1.54, 1.807) is 0 Å². The van der Waals surface area contributed by atoms with E-state index in [9.17, 15) is 0 Å². The Balaban J connectivity index is 2.58. The molecule has 2 heteroatoms. The van der Waals surface area contributed by atoms with Gasteiger partial charge in [-0.2, -0.15) is 0 Å². The van der Waals surface area contributed by atoms with Gasteiger partial charge < -0.3 is 11.5 Å². The third-order valence-electron chi connectivity index (χ3n) is 5.19. The average Bonchev–Trinajstić information content (AvgIpc) is 2.55. The van der Waals surface area contributed by atoms with Gasteiger partial charge in [-0.25, -0.2) is 0 Å². The standard InChI is InChI=1S/C20H28N2/c1-4-11-16(2)19(3,17-12-7-5-8-13-17)20(21,22)18-14-9-6-10-15-18/h5-10,12-16H,4,11,21-22H2,1-3H3. The Bertz CT molecular complexity index is 577. The van der Waals surface area contributed by atoms with Gasteiger partial charge in [0.15, 0.2) is 0 Å². The third kappa shape index (κ3) is 2.81. The summed E-state index contributed by atoms with van der Waals surface area (Å²) >= 11 is 0. The minimum Gasteiger partial charge on any atom is -0.309 e. The average molecular weight is 296 g/mol. The van der Waals surface area contributed by atoms with Gasteiger partial charge in [0.05, 0.1) is 5.66 Å². The van der Waals surface area contributed by atoms with Gasteiger partial charge in [0, 0.05) is 5.41 Å². The Morgan fingerprint density at radius 1 is 0.864 bits per heavy atom. The molecule has 0 bridgehead atoms. The predicted molar refractivity (Wildman–Crippen MR) is 94.4 cm³/mol. The highest BCUT2D eigenvalue weighted by molar-refractivity contribution is 5.37. The van der Waals surface area contributed by atoms with Gasteiger partial charge in [-0.15, -0.1) is 0 Å². The molecule has 0 heterocycles. The summed E-state index contributed by atoms with van der Waals surface area (Å²) in [6.45, 7) is 6.67. The summed E-state index contributed by atoms with van der Waals surface area (Å²) in [5.74, 6) is 0.370. The largest absolute Gasteiger partial charge is 0.309 e. The van der Waals surface area contributed by atoms with Crippen molar-refractivity contribution < 1.29 is 0 Å². The van der Waals surface area contributed by atoms with E-state index in [1.165, 1.54) is 5.56 Å². The highest BCUT2D eigenvalue weighted by Gasteiger charge is 2.48. The molecule has 0 aliphatic carbocycles. The molecule has 0 fully saturated rings. The summed E-state index contributed by atoms with van der Waals surface area (Å²) in [6.07, 6.45) is 2.21. The van der Waals surface area contributed by atoms with Gasteiger partial charge in [-0.3, -0.25) is 0 Å². The van der Waals surface area contributed by atoms with Crippen LogP contribution in [0.15, 0.2) is 60.7 Å². The molecule has 22 heavy (non-hydrogen) atoms. The summed E-state index contributed by atoms with van der Waals surface area (Å²) < 4.78 is 0. The molecule has 0 aliphatic rings. The zero-order valence-electron chi connectivity index (χ0n) is 13.9. The lowest BCUT2D eigenvalue weighted by Gasteiger charge is -2.48. The Labute approximate surface area is 134 Å². The highest BCUT2D eigenvalue weighted by atomic mass is 15.0. The van der Waals surface area contributed by atoms with E-state index < -0.39 is 5.66 Å². The van der Waals surface area contributed by atoms with Crippen molar-refractivity contribution in [2.45, 2.75) is 44.7 Å². The first kappa shape index (κ1) is 16.7. The normalized spacial score (nSPS) is 16.0. The summed E-state index contributed by atoms with van der Waals surface area (Å²) in [5, 5.41) is 0. The van der Waals surface area contributed by atoms with Crippen LogP contribution in [0.1, 0.15) is 44.7 Å². The Morgan fingerprint density at radius 2 is 1.32 bits per heavy atom. The number of benzene rings is 2. The third-order valence-corrected chi connectivity index (χ3v) is 5.19. The van der Waals surface area contributed by atoms with Crippen molar-refractivity contribution in [2.24, 2.45) is 17.4 Å². The minimum absolute atomic E-state index is 0.342. The maximum absolute atomic E-state index is 6.76. The van der Waals surface area contributed by atoms with Crippen LogP contribution in [-0.4, -0.2) is 0 Å². The van der Waals surface area contributed by atoms with Crippen LogP contribution in [0.5, 0.6) is 0 Å². The molecule has 2 nitrogen and oxygen atoms in total. The molecule has 2 aromatic carbocycles. The van der Waals surface area contributed by atoms with Gasteiger partial charge in [0.1, 0.15) is 0 Å². The van der Waals surface area contributed by atoms with E-state index in [4.69, 9.17) is 11.5 Å². The molecule has 4 N–H and O–H groups in total. The predicted octanol–water partition coefficient (Wildman–Crippen LogP) is 4.15. The van der Waals surface area contributed by atoms with Gasteiger partial charge in [0.25, 0.3) is 0 Å². The fourth-order valence-corrected chi connectivity index (χ4v) is 3.45. The molecule has 2 rings (SSSR count). The molecule has 0 saturated carbocycles. The number of rotatable bonds is 6. The van der Waals surface area contributed by atoms with Crippen molar-refractivity contribution in [3.8, 4) is 0 Å². The summed E-state index contributed by atoms with van der Waals surface area (Å²) in [5.41, 5.74) is 14.4. The second kappa shape index (κ2) is 6.64. The van der Waals surface area contributed by atoms with E-state index in [0.717, 1.165) is 18.4 Å². The van der Waals surface area contributed by atoms with Crippen LogP contribution in [0.25, 0.3) is 0 Å². The van der Waals surface area contributed by atoms with Crippen LogP contribution in [0.2, 0.25) is 0 Å². The summed E-state index contributed by atoms with van der Waals surface area (Å²) in [7, 11) is 0. The van der Waals surface area contributed by atoms with Gasteiger partial charge >= 0.3 is 0 Å². The molecule has 0 aliphatic heterocycles. The minimum atomic E-state index is -0.926. The zero-order chi connectivity index (χ0) is 16.2. The van der Waals surface area contributed by atoms with Gasteiger partial charge in [-0.05, 0) is 23.5 Å². The van der Waals surface area contributed by atoms with Gasteiger partial charge in [0.2, 0.25) is 0 Å². The van der Waals surface area contributed by atoms with Crippen molar-refractivity contribution in [1.82, 2.24) is 0 Å². The van der Waals surface area contributed by atoms with Crippen LogP contribution < -0.4 is 11.5 Å². The fourth-order valence-electron chi connectivity index (χ4n) is 3.45. The van der Waals surface area contributed by atoms with Crippen LogP contribution in [0, 0.1) is 5.92 Å². The number of hydrogen-bond donors (Lipinski definition) is 2. The Morgan fingerprint density at radius 3 is 1.77 bits per heavy atom. The quantitative estimate of drug-likeness (QED) is 0.787. The molecule has 2 aromatic rings. The molecular weight excluding hydrogens is 268 g/mol. The molecule has 2 atom stereocenters. The molecule has 0 saturated heterocycles. The Hall–Kier alpha value is -1.64. The maximum Gasteiger partial charge on any atom is 0.0998 e. The molecule has 2 unspecified atom stereocenters. The zero-order valence-corrected chi connectivity index (χ0v) is 13.9. The number of nitrogens with two attached hydrogens (primary N) is 2. The van der Waals surface area contributed by atoms with Crippen molar-refractivity contribution in [3.05, 3.63) is 71.8 Å². The van der Waals surface area contributed by atoms with E-state index in [0.29, 0.717) is 5.92 Å².